The van der Waals surface area contributed by atoms with E-state index in [0.29, 0.717) is 0 Å². The molecular weight excluding hydrogens is 444 g/mol. The summed E-state index contributed by atoms with van der Waals surface area (Å²) in [7, 11) is 0. The molecule has 1 unspecified atom stereocenters. The molecule has 190 valence electrons. The maximum absolute atomic E-state index is 13.0. The Balaban J connectivity index is 1.30. The van der Waals surface area contributed by atoms with Crippen molar-refractivity contribution in [2.75, 3.05) is 37.6 Å². The highest BCUT2D eigenvalue weighted by Gasteiger charge is 2.37. The topological polar surface area (TPSA) is 32.8 Å². The summed E-state index contributed by atoms with van der Waals surface area (Å²) >= 11 is 0. The maximum atomic E-state index is 13.0. The van der Waals surface area contributed by atoms with Crippen LogP contribution in [0.5, 0.6) is 0 Å². The summed E-state index contributed by atoms with van der Waals surface area (Å²) in [6.45, 7) is 13.2. The predicted octanol–water partition coefficient (Wildman–Crippen LogP) is 6.47. The third kappa shape index (κ3) is 6.17. The second kappa shape index (κ2) is 11.7. The van der Waals surface area contributed by atoms with Gasteiger partial charge in [-0.25, -0.2) is 0 Å². The predicted molar refractivity (Wildman–Crippen MR) is 150 cm³/mol. The number of aryl methyl sites for hydroxylation is 1. The first-order valence-corrected chi connectivity index (χ1v) is 13.3. The lowest BCUT2D eigenvalue weighted by atomic mass is 9.78. The van der Waals surface area contributed by atoms with Crippen molar-refractivity contribution >= 4 is 11.7 Å². The third-order valence-electron chi connectivity index (χ3n) is 7.42. The van der Waals surface area contributed by atoms with E-state index in [2.05, 4.69) is 65.3 Å². The van der Waals surface area contributed by atoms with Gasteiger partial charge >= 0.3 is 5.97 Å². The molecule has 0 bridgehead atoms. The third-order valence-corrected chi connectivity index (χ3v) is 7.42. The molecular formula is C32H40N2O2. The Kier molecular flexibility index (Phi) is 8.48. The van der Waals surface area contributed by atoms with Gasteiger partial charge in [-0.2, -0.15) is 0 Å². The standard InChI is InChI=1S/C32H40N2O2/c1-25(2)36-31(35)32(4,28-12-6-5-7-13-28)19-10-20-33-21-23-34(24-22-33)29-17-15-27(16-18-29)30-14-9-8-11-26(30)3/h5-9,11-18,25H,10,19-24H2,1-4H3. The van der Waals surface area contributed by atoms with E-state index in [1.54, 1.807) is 0 Å². The van der Waals surface area contributed by atoms with E-state index >= 15 is 0 Å². The van der Waals surface area contributed by atoms with Gasteiger partial charge in [0.05, 0.1) is 11.5 Å². The lowest BCUT2D eigenvalue weighted by Crippen LogP contribution is -2.47. The molecule has 3 aromatic carbocycles. The summed E-state index contributed by atoms with van der Waals surface area (Å²) in [5.74, 6) is -0.123. The van der Waals surface area contributed by atoms with Crippen molar-refractivity contribution in [2.45, 2.75) is 52.1 Å². The zero-order valence-electron chi connectivity index (χ0n) is 22.2. The molecule has 1 aliphatic heterocycles. The van der Waals surface area contributed by atoms with Crippen molar-refractivity contribution in [2.24, 2.45) is 0 Å². The number of carbonyl (C=O) groups excluding carboxylic acids is 1. The zero-order chi connectivity index (χ0) is 25.5. The first kappa shape index (κ1) is 26.0. The number of esters is 1. The molecule has 0 saturated carbocycles. The molecule has 0 N–H and O–H groups in total. The van der Waals surface area contributed by atoms with Gasteiger partial charge in [0.1, 0.15) is 0 Å². The van der Waals surface area contributed by atoms with Gasteiger partial charge in [0, 0.05) is 31.9 Å². The fourth-order valence-corrected chi connectivity index (χ4v) is 5.15. The number of rotatable bonds is 9. The summed E-state index contributed by atoms with van der Waals surface area (Å²) in [5, 5.41) is 0. The molecule has 4 heteroatoms. The van der Waals surface area contributed by atoms with E-state index in [9.17, 15) is 4.79 Å². The van der Waals surface area contributed by atoms with Crippen LogP contribution < -0.4 is 4.90 Å². The monoisotopic (exact) mass is 484 g/mol. The van der Waals surface area contributed by atoms with E-state index in [-0.39, 0.29) is 12.1 Å². The molecule has 0 spiro atoms. The van der Waals surface area contributed by atoms with Crippen LogP contribution in [-0.2, 0) is 14.9 Å². The molecule has 1 saturated heterocycles. The summed E-state index contributed by atoms with van der Waals surface area (Å²) in [6.07, 6.45) is 1.63. The van der Waals surface area contributed by atoms with Crippen LogP contribution in [0.1, 0.15) is 44.7 Å². The van der Waals surface area contributed by atoms with Gasteiger partial charge in [0.2, 0.25) is 0 Å². The lowest BCUT2D eigenvalue weighted by molar-refractivity contribution is -0.154. The average Bonchev–Trinajstić information content (AvgIpc) is 2.89. The number of benzene rings is 3. The SMILES string of the molecule is Cc1ccccc1-c1ccc(N2CCN(CCCC(C)(C(=O)OC(C)C)c3ccccc3)CC2)cc1. The van der Waals surface area contributed by atoms with E-state index in [1.165, 1.54) is 22.4 Å². The van der Waals surface area contributed by atoms with E-state index in [4.69, 9.17) is 4.74 Å². The minimum absolute atomic E-state index is 0.112. The second-order valence-corrected chi connectivity index (χ2v) is 10.4. The Morgan fingerprint density at radius 2 is 1.53 bits per heavy atom. The Morgan fingerprint density at radius 3 is 2.17 bits per heavy atom. The van der Waals surface area contributed by atoms with Crippen LogP contribution in [0.4, 0.5) is 5.69 Å². The van der Waals surface area contributed by atoms with E-state index in [0.717, 1.165) is 51.1 Å². The number of carbonyl (C=O) groups is 1. The van der Waals surface area contributed by atoms with Crippen molar-refractivity contribution < 1.29 is 9.53 Å². The summed E-state index contributed by atoms with van der Waals surface area (Å²) in [6, 6.07) is 27.6. The molecule has 0 aromatic heterocycles. The van der Waals surface area contributed by atoms with Gasteiger partial charge in [-0.15, -0.1) is 0 Å². The van der Waals surface area contributed by atoms with Crippen LogP contribution in [0.25, 0.3) is 11.1 Å². The highest BCUT2D eigenvalue weighted by Crippen LogP contribution is 2.32. The Hall–Kier alpha value is -3.11. The van der Waals surface area contributed by atoms with Gasteiger partial charge < -0.3 is 9.64 Å². The van der Waals surface area contributed by atoms with Gasteiger partial charge in [0.15, 0.2) is 0 Å². The highest BCUT2D eigenvalue weighted by atomic mass is 16.5. The summed E-state index contributed by atoms with van der Waals surface area (Å²) in [5.41, 5.74) is 5.59. The minimum Gasteiger partial charge on any atom is -0.462 e. The molecule has 0 aliphatic carbocycles. The van der Waals surface area contributed by atoms with Crippen molar-refractivity contribution in [1.29, 1.82) is 0 Å². The van der Waals surface area contributed by atoms with Crippen molar-refractivity contribution in [3.8, 4) is 11.1 Å². The maximum Gasteiger partial charge on any atom is 0.316 e. The van der Waals surface area contributed by atoms with Gasteiger partial charge in [-0.3, -0.25) is 9.69 Å². The molecule has 1 aliphatic rings. The zero-order valence-corrected chi connectivity index (χ0v) is 22.2. The first-order valence-electron chi connectivity index (χ1n) is 13.3. The van der Waals surface area contributed by atoms with Crippen molar-refractivity contribution in [3.63, 3.8) is 0 Å². The number of piperazine rings is 1. The number of hydrogen-bond acceptors (Lipinski definition) is 4. The summed E-state index contributed by atoms with van der Waals surface area (Å²) in [4.78, 5) is 18.1. The highest BCUT2D eigenvalue weighted by molar-refractivity contribution is 5.82. The normalized spacial score (nSPS) is 16.1. The molecule has 1 atom stereocenters. The van der Waals surface area contributed by atoms with E-state index in [1.807, 2.05) is 51.1 Å². The quantitative estimate of drug-likeness (QED) is 0.326. The second-order valence-electron chi connectivity index (χ2n) is 10.4. The van der Waals surface area contributed by atoms with Crippen molar-refractivity contribution in [3.05, 3.63) is 90.0 Å². The van der Waals surface area contributed by atoms with Crippen LogP contribution in [0.15, 0.2) is 78.9 Å². The summed E-state index contributed by atoms with van der Waals surface area (Å²) < 4.78 is 5.66. The fraction of sp³-hybridized carbons (Fsp3) is 0.406. The smallest absolute Gasteiger partial charge is 0.316 e. The number of anilines is 1. The van der Waals surface area contributed by atoms with Crippen LogP contribution in [0, 0.1) is 6.92 Å². The molecule has 0 radical (unpaired) electrons. The Labute approximate surface area is 216 Å². The number of ether oxygens (including phenoxy) is 1. The minimum atomic E-state index is -0.619. The first-order chi connectivity index (χ1) is 17.4. The fourth-order valence-electron chi connectivity index (χ4n) is 5.15. The molecule has 1 heterocycles. The van der Waals surface area contributed by atoms with Gasteiger partial charge in [-0.05, 0) is 81.5 Å². The molecule has 3 aromatic rings. The van der Waals surface area contributed by atoms with Crippen LogP contribution in [-0.4, -0.2) is 49.7 Å². The average molecular weight is 485 g/mol. The van der Waals surface area contributed by atoms with Crippen LogP contribution >= 0.6 is 0 Å². The van der Waals surface area contributed by atoms with Crippen LogP contribution in [0.2, 0.25) is 0 Å². The largest absolute Gasteiger partial charge is 0.462 e. The number of nitrogens with zero attached hydrogens (tertiary/aromatic N) is 2. The molecule has 4 nitrogen and oxygen atoms in total. The molecule has 1 fully saturated rings. The lowest BCUT2D eigenvalue weighted by Gasteiger charge is -2.37. The van der Waals surface area contributed by atoms with Crippen LogP contribution in [0.3, 0.4) is 0 Å². The molecule has 0 amide bonds. The number of hydrogen-bond donors (Lipinski definition) is 0. The van der Waals surface area contributed by atoms with Gasteiger partial charge in [-0.1, -0.05) is 66.7 Å². The Morgan fingerprint density at radius 1 is 0.889 bits per heavy atom. The molecule has 36 heavy (non-hydrogen) atoms. The van der Waals surface area contributed by atoms with E-state index < -0.39 is 5.41 Å². The molecule has 4 rings (SSSR count). The van der Waals surface area contributed by atoms with Gasteiger partial charge in [0.25, 0.3) is 0 Å². The Bertz CT molecular complexity index is 1120. The van der Waals surface area contributed by atoms with Crippen molar-refractivity contribution in [1.82, 2.24) is 4.90 Å².